The molecule has 0 aliphatic carbocycles. The van der Waals surface area contributed by atoms with E-state index in [0.717, 1.165) is 0 Å². The summed E-state index contributed by atoms with van der Waals surface area (Å²) in [6.07, 6.45) is 2.63. The van der Waals surface area contributed by atoms with E-state index in [9.17, 15) is 19.8 Å². The van der Waals surface area contributed by atoms with Gasteiger partial charge in [-0.1, -0.05) is 34.9 Å². The summed E-state index contributed by atoms with van der Waals surface area (Å²) in [5.74, 6) is -1.60. The molecule has 2 rings (SSSR count). The van der Waals surface area contributed by atoms with E-state index in [-0.39, 0.29) is 32.1 Å². The van der Waals surface area contributed by atoms with Crippen molar-refractivity contribution in [3.8, 4) is 11.5 Å². The molecule has 0 spiro atoms. The first-order valence-electron chi connectivity index (χ1n) is 11.3. The predicted molar refractivity (Wildman–Crippen MR) is 147 cm³/mol. The second kappa shape index (κ2) is 34.6. The van der Waals surface area contributed by atoms with Gasteiger partial charge in [0.25, 0.3) is 0 Å². The highest BCUT2D eigenvalue weighted by Gasteiger charge is 2.13. The van der Waals surface area contributed by atoms with E-state index >= 15 is 0 Å². The van der Waals surface area contributed by atoms with E-state index in [1.165, 1.54) is 29.8 Å². The number of allylic oxidation sites excluding steroid dienone is 2. The summed E-state index contributed by atoms with van der Waals surface area (Å²) >= 11 is 17.2. The standard InChI is InChI=1S/C7H4BrClO3.C7H4BrClO2.C5H10.H2O23/c8-5-2-3(9)1-4(6(5)10)7(11)12;8-6-2-5(9)1-4(3-10)7(6)11;1-4-5(2)3;1-3-5-7-9-11-13-15-17-19-21-23-22-20-18-16-14-12-10-8-6-4-2/h1-2,10H,(H,11,12);1-3,11H;4H,1-3H3;1-2H. The van der Waals surface area contributed by atoms with Crippen molar-refractivity contribution < 1.29 is 141 Å². The Balaban J connectivity index is 0. The molecule has 0 radical (unpaired) electrons. The van der Waals surface area contributed by atoms with Gasteiger partial charge in [0.05, 0.1) is 14.5 Å². The van der Waals surface area contributed by atoms with Gasteiger partial charge in [-0.3, -0.25) is 4.79 Å². The number of rotatable bonds is 22. The van der Waals surface area contributed by atoms with Gasteiger partial charge in [0.1, 0.15) is 17.1 Å². The van der Waals surface area contributed by atoms with Crippen molar-refractivity contribution in [3.05, 3.63) is 66.0 Å². The predicted octanol–water partition coefficient (Wildman–Crippen LogP) is 5.68. The van der Waals surface area contributed by atoms with Crippen LogP contribution in [0.25, 0.3) is 0 Å². The molecule has 0 saturated heterocycles. The summed E-state index contributed by atoms with van der Waals surface area (Å²) in [6, 6.07) is 5.52. The number of carboxylic acid groups (broad SMARTS) is 1. The van der Waals surface area contributed by atoms with Gasteiger partial charge in [-0.05, 0) is 158 Å². The van der Waals surface area contributed by atoms with Crippen LogP contribution in [0.3, 0.4) is 0 Å². The van der Waals surface area contributed by atoms with Gasteiger partial charge in [-0.2, -0.15) is 0 Å². The van der Waals surface area contributed by atoms with Crippen LogP contribution in [0, 0.1) is 0 Å². The molecule has 51 heavy (non-hydrogen) atoms. The SMILES string of the molecule is CC=C(C)C.O=C(O)c1cc(Cl)cc(Br)c1O.O=Cc1cc(Cl)cc(Br)c1O.OOOOOOOOOOOOOOOOOOOOOOO. The van der Waals surface area contributed by atoms with Gasteiger partial charge >= 0.3 is 5.97 Å². The molecule has 0 amide bonds. The zero-order valence-electron chi connectivity index (χ0n) is 24.6. The fourth-order valence-corrected chi connectivity index (χ4v) is 3.27. The summed E-state index contributed by atoms with van der Waals surface area (Å²) in [6.45, 7) is 6.20. The van der Waals surface area contributed by atoms with Crippen LogP contribution in [-0.2, 0) is 106 Å². The van der Waals surface area contributed by atoms with E-state index in [0.29, 0.717) is 15.8 Å². The number of hydrogen-bond donors (Lipinski definition) is 5. The van der Waals surface area contributed by atoms with Crippen LogP contribution in [0.15, 0.2) is 44.9 Å². The van der Waals surface area contributed by atoms with Crippen molar-refractivity contribution in [2.75, 3.05) is 0 Å². The van der Waals surface area contributed by atoms with Crippen LogP contribution in [0.5, 0.6) is 11.5 Å². The highest BCUT2D eigenvalue weighted by Crippen LogP contribution is 2.31. The minimum absolute atomic E-state index is 0.0793. The second-order valence-electron chi connectivity index (χ2n) is 6.84. The minimum atomic E-state index is -1.21. The number of phenolic OH excluding ortho intramolecular Hbond substituents is 1. The summed E-state index contributed by atoms with van der Waals surface area (Å²) < 4.78 is 0.694. The number of aromatic hydroxyl groups is 2. The van der Waals surface area contributed by atoms with E-state index in [1.807, 2.05) is 6.92 Å². The number of carbonyl (C=O) groups excluding carboxylic acids is 1. The van der Waals surface area contributed by atoms with Gasteiger partial charge in [-0.15, -0.1) is 0 Å². The quantitative estimate of drug-likeness (QED) is 0.0312. The normalized spacial score (nSPS) is 10.1. The van der Waals surface area contributed by atoms with E-state index in [1.54, 1.807) is 0 Å². The average molecular weight is 927 g/mol. The van der Waals surface area contributed by atoms with E-state index in [2.05, 4.69) is 158 Å². The molecular formula is C19H20Br2Cl2O28. The first-order valence-corrected chi connectivity index (χ1v) is 13.6. The van der Waals surface area contributed by atoms with Crippen molar-refractivity contribution in [2.24, 2.45) is 0 Å². The lowest BCUT2D eigenvalue weighted by Gasteiger charge is -2.01. The molecule has 0 fully saturated rings. The Morgan fingerprint density at radius 3 is 1.18 bits per heavy atom. The minimum Gasteiger partial charge on any atom is -0.506 e. The molecule has 0 aromatic heterocycles. The Labute approximate surface area is 306 Å². The number of phenols is 2. The molecule has 0 bridgehead atoms. The van der Waals surface area contributed by atoms with E-state index in [4.69, 9.17) is 38.8 Å². The fourth-order valence-electron chi connectivity index (χ4n) is 1.62. The van der Waals surface area contributed by atoms with Crippen LogP contribution in [0.4, 0.5) is 0 Å². The molecule has 28 nitrogen and oxygen atoms in total. The van der Waals surface area contributed by atoms with Crippen LogP contribution in [0.2, 0.25) is 10.0 Å². The Bertz CT molecular complexity index is 1220. The van der Waals surface area contributed by atoms with Crippen LogP contribution in [-0.4, -0.2) is 38.1 Å². The lowest BCUT2D eigenvalue weighted by atomic mass is 10.2. The third-order valence-electron chi connectivity index (χ3n) is 3.58. The molecule has 0 aliphatic heterocycles. The van der Waals surface area contributed by atoms with Crippen LogP contribution >= 0.6 is 55.1 Å². The zero-order valence-corrected chi connectivity index (χ0v) is 29.3. The third kappa shape index (κ3) is 29.8. The average Bonchev–Trinajstić information content (AvgIpc) is 3.09. The monoisotopic (exact) mass is 924 g/mol. The maximum Gasteiger partial charge on any atom is 0.339 e. The van der Waals surface area contributed by atoms with Crippen molar-refractivity contribution in [2.45, 2.75) is 20.8 Å². The third-order valence-corrected chi connectivity index (χ3v) is 5.23. The molecule has 292 valence electrons. The summed E-state index contributed by atoms with van der Waals surface area (Å²) in [5, 5.41) is 113. The topological polar surface area (TPSA) is 329 Å². The number of carboxylic acids is 1. The van der Waals surface area contributed by atoms with Gasteiger partial charge in [0, 0.05) is 35.2 Å². The Hall–Kier alpha value is -2.46. The molecule has 0 heterocycles. The van der Waals surface area contributed by atoms with Crippen molar-refractivity contribution in [1.82, 2.24) is 0 Å². The lowest BCUT2D eigenvalue weighted by molar-refractivity contribution is -0.898. The number of halogens is 4. The molecule has 32 heteroatoms. The van der Waals surface area contributed by atoms with Crippen molar-refractivity contribution in [1.29, 1.82) is 0 Å². The van der Waals surface area contributed by atoms with Crippen LogP contribution in [0.1, 0.15) is 41.5 Å². The number of carbonyl (C=O) groups is 2. The van der Waals surface area contributed by atoms with Crippen LogP contribution < -0.4 is 0 Å². The summed E-state index contributed by atoms with van der Waals surface area (Å²) in [4.78, 5) is 20.8. The highest BCUT2D eigenvalue weighted by atomic mass is 79.9. The molecule has 2 aromatic carbocycles. The number of aldehydes is 1. The summed E-state index contributed by atoms with van der Waals surface area (Å²) in [7, 11) is 0. The number of aromatic carboxylic acids is 1. The summed E-state index contributed by atoms with van der Waals surface area (Å²) in [5.41, 5.74) is 1.35. The molecule has 2 aromatic rings. The van der Waals surface area contributed by atoms with Gasteiger partial charge < -0.3 is 15.3 Å². The Kier molecular flexibility index (Phi) is 34.4. The number of benzene rings is 2. The Morgan fingerprint density at radius 2 is 0.902 bits per heavy atom. The van der Waals surface area contributed by atoms with Gasteiger partial charge in [0.2, 0.25) is 0 Å². The molecule has 0 unspecified atom stereocenters. The first kappa shape index (κ1) is 50.6. The fraction of sp³-hybridized carbons (Fsp3) is 0.158. The largest absolute Gasteiger partial charge is 0.506 e. The van der Waals surface area contributed by atoms with Gasteiger partial charge in [-0.25, -0.2) is 15.3 Å². The molecule has 0 aliphatic rings. The van der Waals surface area contributed by atoms with E-state index < -0.39 is 5.97 Å². The number of hydrogen-bond acceptors (Lipinski definition) is 27. The van der Waals surface area contributed by atoms with Crippen molar-refractivity contribution >= 4 is 67.3 Å². The highest BCUT2D eigenvalue weighted by molar-refractivity contribution is 9.11. The molecule has 5 N–H and O–H groups in total. The molecular weight excluding hydrogens is 907 g/mol. The second-order valence-corrected chi connectivity index (χ2v) is 9.42. The zero-order chi connectivity index (χ0) is 38.9. The maximum atomic E-state index is 10.5. The smallest absolute Gasteiger partial charge is 0.339 e. The first-order chi connectivity index (χ1) is 24.4. The van der Waals surface area contributed by atoms with Crippen molar-refractivity contribution in [3.63, 3.8) is 0 Å². The Morgan fingerprint density at radius 1 is 0.608 bits per heavy atom. The lowest BCUT2D eigenvalue weighted by Crippen LogP contribution is -2.05. The molecule has 0 saturated carbocycles. The maximum absolute atomic E-state index is 10.5. The molecule has 0 atom stereocenters. The van der Waals surface area contributed by atoms with Gasteiger partial charge in [0.15, 0.2) is 6.29 Å².